The molecule has 0 radical (unpaired) electrons. The van der Waals surface area contributed by atoms with Crippen molar-refractivity contribution in [1.82, 2.24) is 15.2 Å². The molecule has 0 bridgehead atoms. The second kappa shape index (κ2) is 5.65. The first-order valence-corrected chi connectivity index (χ1v) is 7.65. The molecule has 1 amide bonds. The minimum atomic E-state index is -0.171. The first-order valence-electron chi connectivity index (χ1n) is 6.83. The molecule has 0 atom stereocenters. The van der Waals surface area contributed by atoms with Gasteiger partial charge in [-0.25, -0.2) is 0 Å². The van der Waals surface area contributed by atoms with E-state index >= 15 is 0 Å². The van der Waals surface area contributed by atoms with Crippen molar-refractivity contribution in [2.75, 3.05) is 5.32 Å². The van der Waals surface area contributed by atoms with Crippen LogP contribution in [0.25, 0.3) is 10.9 Å². The van der Waals surface area contributed by atoms with E-state index < -0.39 is 0 Å². The third-order valence-corrected chi connectivity index (χ3v) is 3.96. The lowest BCUT2D eigenvalue weighted by molar-refractivity contribution is 0.102. The van der Waals surface area contributed by atoms with Gasteiger partial charge in [0.15, 0.2) is 0 Å². The lowest BCUT2D eigenvalue weighted by atomic mass is 10.1. The summed E-state index contributed by atoms with van der Waals surface area (Å²) in [4.78, 5) is 15.5. The van der Waals surface area contributed by atoms with Crippen molar-refractivity contribution < 1.29 is 4.79 Å². The van der Waals surface area contributed by atoms with Crippen LogP contribution in [-0.2, 0) is 6.42 Å². The number of aromatic nitrogens is 3. The summed E-state index contributed by atoms with van der Waals surface area (Å²) in [7, 11) is 0. The molecule has 2 aromatic heterocycles. The Hall–Kier alpha value is -2.21. The Morgan fingerprint density at radius 2 is 2.19 bits per heavy atom. The fourth-order valence-electron chi connectivity index (χ4n) is 2.17. The van der Waals surface area contributed by atoms with Crippen LogP contribution in [-0.4, -0.2) is 21.1 Å². The quantitative estimate of drug-likeness (QED) is 0.775. The molecule has 0 saturated heterocycles. The minimum Gasteiger partial charge on any atom is -0.361 e. The molecule has 108 valence electrons. The van der Waals surface area contributed by atoms with Crippen molar-refractivity contribution in [2.24, 2.45) is 5.92 Å². The smallest absolute Gasteiger partial charge is 0.259 e. The van der Waals surface area contributed by atoms with E-state index in [2.05, 4.69) is 34.3 Å². The number of carbonyl (C=O) groups excluding carboxylic acids is 1. The number of nitrogens with one attached hydrogen (secondary N) is 2. The van der Waals surface area contributed by atoms with E-state index in [9.17, 15) is 4.79 Å². The second-order valence-corrected chi connectivity index (χ2v) is 6.36. The summed E-state index contributed by atoms with van der Waals surface area (Å²) in [5, 5.41) is 13.4. The predicted octanol–water partition coefficient (Wildman–Crippen LogP) is 3.47. The Balaban J connectivity index is 1.80. The monoisotopic (exact) mass is 300 g/mol. The molecule has 6 heteroatoms. The topological polar surface area (TPSA) is 70.7 Å². The molecule has 0 aliphatic heterocycles. The van der Waals surface area contributed by atoms with Crippen LogP contribution in [0.5, 0.6) is 0 Å². The van der Waals surface area contributed by atoms with Gasteiger partial charge in [-0.05, 0) is 18.1 Å². The van der Waals surface area contributed by atoms with Crippen LogP contribution in [0.15, 0.2) is 30.5 Å². The van der Waals surface area contributed by atoms with Crippen molar-refractivity contribution in [3.8, 4) is 0 Å². The number of rotatable bonds is 4. The van der Waals surface area contributed by atoms with Crippen LogP contribution in [0.3, 0.4) is 0 Å². The van der Waals surface area contributed by atoms with Gasteiger partial charge in [-0.15, -0.1) is 10.2 Å². The van der Waals surface area contributed by atoms with E-state index in [1.54, 1.807) is 6.07 Å². The van der Waals surface area contributed by atoms with Crippen LogP contribution < -0.4 is 5.32 Å². The molecular formula is C15H16N4OS. The van der Waals surface area contributed by atoms with Gasteiger partial charge in [0.05, 0.1) is 11.1 Å². The predicted molar refractivity (Wildman–Crippen MR) is 84.7 cm³/mol. The molecule has 0 fully saturated rings. The molecule has 0 aliphatic rings. The molecule has 21 heavy (non-hydrogen) atoms. The standard InChI is InChI=1S/C15H16N4OS/c1-9(2)8-12-18-19-15(21-12)17-14(20)11-5-3-4-10-6-7-16-13(10)11/h3-7,9,16H,8H2,1-2H3,(H,17,19,20). The highest BCUT2D eigenvalue weighted by Gasteiger charge is 2.13. The van der Waals surface area contributed by atoms with E-state index in [1.165, 1.54) is 11.3 Å². The van der Waals surface area contributed by atoms with Crippen LogP contribution in [0.4, 0.5) is 5.13 Å². The highest BCUT2D eigenvalue weighted by Crippen LogP contribution is 2.21. The van der Waals surface area contributed by atoms with E-state index in [0.29, 0.717) is 16.6 Å². The fourth-order valence-corrected chi connectivity index (χ4v) is 3.12. The number of hydrogen-bond acceptors (Lipinski definition) is 4. The van der Waals surface area contributed by atoms with Crippen LogP contribution in [0, 0.1) is 5.92 Å². The Morgan fingerprint density at radius 3 is 3.00 bits per heavy atom. The van der Waals surface area contributed by atoms with Crippen molar-refractivity contribution >= 4 is 33.3 Å². The zero-order valence-corrected chi connectivity index (χ0v) is 12.7. The number of fused-ring (bicyclic) bond motifs is 1. The van der Waals surface area contributed by atoms with Gasteiger partial charge >= 0.3 is 0 Å². The number of amides is 1. The van der Waals surface area contributed by atoms with E-state index in [-0.39, 0.29) is 5.91 Å². The van der Waals surface area contributed by atoms with Crippen molar-refractivity contribution in [3.63, 3.8) is 0 Å². The number of hydrogen-bond donors (Lipinski definition) is 2. The molecule has 5 nitrogen and oxygen atoms in total. The zero-order valence-electron chi connectivity index (χ0n) is 11.9. The summed E-state index contributed by atoms with van der Waals surface area (Å²) in [5.74, 6) is 0.351. The average molecular weight is 300 g/mol. The van der Waals surface area contributed by atoms with Gasteiger partial charge in [0.25, 0.3) is 5.91 Å². The third-order valence-electron chi connectivity index (χ3n) is 3.10. The summed E-state index contributed by atoms with van der Waals surface area (Å²) < 4.78 is 0. The van der Waals surface area contributed by atoms with Gasteiger partial charge in [0, 0.05) is 18.0 Å². The lowest BCUT2D eigenvalue weighted by Gasteiger charge is -2.02. The number of H-pyrrole nitrogens is 1. The van der Waals surface area contributed by atoms with Gasteiger partial charge in [-0.2, -0.15) is 0 Å². The third kappa shape index (κ3) is 2.95. The summed E-state index contributed by atoms with van der Waals surface area (Å²) in [5.41, 5.74) is 1.44. The Kier molecular flexibility index (Phi) is 3.70. The number of benzene rings is 1. The Morgan fingerprint density at radius 1 is 1.33 bits per heavy atom. The Labute approximate surface area is 126 Å². The SMILES string of the molecule is CC(C)Cc1nnc(NC(=O)c2cccc3cc[nH]c23)s1. The number of nitrogens with zero attached hydrogens (tertiary/aromatic N) is 2. The van der Waals surface area contributed by atoms with Crippen molar-refractivity contribution in [1.29, 1.82) is 0 Å². The second-order valence-electron chi connectivity index (χ2n) is 5.30. The average Bonchev–Trinajstić information content (AvgIpc) is 3.06. The molecule has 1 aromatic carbocycles. The summed E-state index contributed by atoms with van der Waals surface area (Å²) in [6, 6.07) is 7.58. The molecule has 0 saturated carbocycles. The number of carbonyl (C=O) groups is 1. The van der Waals surface area contributed by atoms with Crippen molar-refractivity contribution in [3.05, 3.63) is 41.0 Å². The molecular weight excluding hydrogens is 284 g/mol. The van der Waals surface area contributed by atoms with Gasteiger partial charge in [-0.3, -0.25) is 10.1 Å². The highest BCUT2D eigenvalue weighted by molar-refractivity contribution is 7.15. The first-order chi connectivity index (χ1) is 10.1. The summed E-state index contributed by atoms with van der Waals surface area (Å²) in [6.45, 7) is 4.26. The maximum atomic E-state index is 12.4. The van der Waals surface area contributed by atoms with Crippen LogP contribution in [0.2, 0.25) is 0 Å². The highest BCUT2D eigenvalue weighted by atomic mass is 32.1. The Bertz CT molecular complexity index is 775. The first kappa shape index (κ1) is 13.8. The fraction of sp³-hybridized carbons (Fsp3) is 0.267. The molecule has 3 aromatic rings. The summed E-state index contributed by atoms with van der Waals surface area (Å²) in [6.07, 6.45) is 2.70. The van der Waals surface area contributed by atoms with Gasteiger partial charge in [-0.1, -0.05) is 37.3 Å². The van der Waals surface area contributed by atoms with Crippen molar-refractivity contribution in [2.45, 2.75) is 20.3 Å². The largest absolute Gasteiger partial charge is 0.361 e. The molecule has 2 heterocycles. The maximum absolute atomic E-state index is 12.4. The van der Waals surface area contributed by atoms with Crippen LogP contribution in [0.1, 0.15) is 29.2 Å². The molecule has 0 spiro atoms. The van der Waals surface area contributed by atoms with E-state index in [0.717, 1.165) is 22.3 Å². The number of para-hydroxylation sites is 1. The van der Waals surface area contributed by atoms with Gasteiger partial charge in [0.2, 0.25) is 5.13 Å². The zero-order chi connectivity index (χ0) is 14.8. The number of aromatic amines is 1. The maximum Gasteiger partial charge on any atom is 0.259 e. The van der Waals surface area contributed by atoms with Crippen LogP contribution >= 0.6 is 11.3 Å². The summed E-state index contributed by atoms with van der Waals surface area (Å²) >= 11 is 1.43. The molecule has 0 aliphatic carbocycles. The molecule has 2 N–H and O–H groups in total. The minimum absolute atomic E-state index is 0.171. The normalized spacial score (nSPS) is 11.2. The lowest BCUT2D eigenvalue weighted by Crippen LogP contribution is -2.12. The van der Waals surface area contributed by atoms with E-state index in [4.69, 9.17) is 0 Å². The van der Waals surface area contributed by atoms with Gasteiger partial charge in [0.1, 0.15) is 5.01 Å². The molecule has 0 unspecified atom stereocenters. The number of anilines is 1. The molecule has 3 rings (SSSR count). The van der Waals surface area contributed by atoms with Gasteiger partial charge < -0.3 is 4.98 Å². The van der Waals surface area contributed by atoms with E-state index in [1.807, 2.05) is 24.4 Å².